The first-order valence-electron chi connectivity index (χ1n) is 8.66. The second-order valence-electron chi connectivity index (χ2n) is 6.28. The van der Waals surface area contributed by atoms with Crippen LogP contribution in [0.4, 0.5) is 0 Å². The number of fused-ring (bicyclic) bond motifs is 1. The lowest BCUT2D eigenvalue weighted by Gasteiger charge is -2.31. The quantitative estimate of drug-likeness (QED) is 0.828. The summed E-state index contributed by atoms with van der Waals surface area (Å²) in [7, 11) is 0. The molecule has 0 spiro atoms. The van der Waals surface area contributed by atoms with Gasteiger partial charge < -0.3 is 9.32 Å². The van der Waals surface area contributed by atoms with Gasteiger partial charge in [-0.25, -0.2) is 4.98 Å². The van der Waals surface area contributed by atoms with Gasteiger partial charge in [-0.15, -0.1) is 0 Å². The predicted molar refractivity (Wildman–Crippen MR) is 95.4 cm³/mol. The number of rotatable bonds is 5. The Bertz CT molecular complexity index is 703. The number of benzene rings is 1. The van der Waals surface area contributed by atoms with E-state index in [4.69, 9.17) is 16.0 Å². The van der Waals surface area contributed by atoms with Gasteiger partial charge in [-0.2, -0.15) is 0 Å². The van der Waals surface area contributed by atoms with Crippen LogP contribution in [0.5, 0.6) is 0 Å². The van der Waals surface area contributed by atoms with Crippen molar-refractivity contribution in [1.29, 1.82) is 0 Å². The Morgan fingerprint density at radius 2 is 2.04 bits per heavy atom. The number of nitrogens with zero attached hydrogens (tertiary/aromatic N) is 3. The topological polar surface area (TPSA) is 49.6 Å². The molecule has 24 heavy (non-hydrogen) atoms. The number of oxazole rings is 1. The highest BCUT2D eigenvalue weighted by atomic mass is 35.5. The SMILES string of the molecule is CCN(CC)C(=O)CN1CCC(c2nc3cc(Cl)ccc3o2)CC1. The summed E-state index contributed by atoms with van der Waals surface area (Å²) in [5.41, 5.74) is 1.60. The zero-order chi connectivity index (χ0) is 17.1. The predicted octanol–water partition coefficient (Wildman–Crippen LogP) is 3.53. The number of likely N-dealkylation sites (N-methyl/N-ethyl adjacent to an activating group) is 1. The molecular weight excluding hydrogens is 326 g/mol. The fourth-order valence-electron chi connectivity index (χ4n) is 3.30. The highest BCUT2D eigenvalue weighted by molar-refractivity contribution is 6.31. The fraction of sp³-hybridized carbons (Fsp3) is 0.556. The summed E-state index contributed by atoms with van der Waals surface area (Å²) >= 11 is 6.01. The zero-order valence-corrected chi connectivity index (χ0v) is 15.1. The van der Waals surface area contributed by atoms with E-state index in [1.165, 1.54) is 0 Å². The molecule has 0 atom stereocenters. The van der Waals surface area contributed by atoms with Crippen molar-refractivity contribution < 1.29 is 9.21 Å². The molecule has 1 amide bonds. The van der Waals surface area contributed by atoms with Crippen LogP contribution in [0.15, 0.2) is 22.6 Å². The van der Waals surface area contributed by atoms with Crippen molar-refractivity contribution in [2.45, 2.75) is 32.6 Å². The second-order valence-corrected chi connectivity index (χ2v) is 6.72. The molecule has 3 rings (SSSR count). The summed E-state index contributed by atoms with van der Waals surface area (Å²) in [5.74, 6) is 1.33. The molecule has 1 saturated heterocycles. The number of piperidine rings is 1. The highest BCUT2D eigenvalue weighted by Gasteiger charge is 2.26. The van der Waals surface area contributed by atoms with E-state index < -0.39 is 0 Å². The summed E-state index contributed by atoms with van der Waals surface area (Å²) in [6.07, 6.45) is 1.93. The van der Waals surface area contributed by atoms with Crippen LogP contribution in [-0.2, 0) is 4.79 Å². The van der Waals surface area contributed by atoms with E-state index in [0.29, 0.717) is 17.5 Å². The average Bonchev–Trinajstić information content (AvgIpc) is 2.99. The first-order chi connectivity index (χ1) is 11.6. The first-order valence-corrected chi connectivity index (χ1v) is 9.04. The molecular formula is C18H24ClN3O2. The van der Waals surface area contributed by atoms with E-state index in [9.17, 15) is 4.79 Å². The number of hydrogen-bond donors (Lipinski definition) is 0. The van der Waals surface area contributed by atoms with Crippen molar-refractivity contribution in [3.63, 3.8) is 0 Å². The van der Waals surface area contributed by atoms with E-state index in [1.807, 2.05) is 36.9 Å². The van der Waals surface area contributed by atoms with E-state index in [-0.39, 0.29) is 5.91 Å². The molecule has 0 N–H and O–H groups in total. The molecule has 1 aliphatic rings. The van der Waals surface area contributed by atoms with Crippen molar-refractivity contribution in [1.82, 2.24) is 14.8 Å². The molecule has 1 aromatic carbocycles. The molecule has 0 saturated carbocycles. The fourth-order valence-corrected chi connectivity index (χ4v) is 3.46. The van der Waals surface area contributed by atoms with Crippen LogP contribution in [0.3, 0.4) is 0 Å². The minimum absolute atomic E-state index is 0.218. The Morgan fingerprint density at radius 3 is 2.71 bits per heavy atom. The Morgan fingerprint density at radius 1 is 1.33 bits per heavy atom. The molecule has 0 bridgehead atoms. The van der Waals surface area contributed by atoms with E-state index in [1.54, 1.807) is 0 Å². The van der Waals surface area contributed by atoms with Gasteiger partial charge in [-0.05, 0) is 58.0 Å². The van der Waals surface area contributed by atoms with Gasteiger partial charge in [0.25, 0.3) is 0 Å². The maximum atomic E-state index is 12.2. The van der Waals surface area contributed by atoms with Gasteiger partial charge in [0.1, 0.15) is 5.52 Å². The van der Waals surface area contributed by atoms with Gasteiger partial charge in [0, 0.05) is 24.0 Å². The molecule has 130 valence electrons. The van der Waals surface area contributed by atoms with Gasteiger partial charge in [0.05, 0.1) is 6.54 Å². The Balaban J connectivity index is 1.59. The van der Waals surface area contributed by atoms with Crippen LogP contribution in [0.25, 0.3) is 11.1 Å². The Hall–Kier alpha value is -1.59. The molecule has 2 aromatic rings. The van der Waals surface area contributed by atoms with Gasteiger partial charge in [0.15, 0.2) is 11.5 Å². The van der Waals surface area contributed by atoms with E-state index >= 15 is 0 Å². The highest BCUT2D eigenvalue weighted by Crippen LogP contribution is 2.30. The molecule has 5 nitrogen and oxygen atoms in total. The standard InChI is InChI=1S/C18H24ClN3O2/c1-3-22(4-2)17(23)12-21-9-7-13(8-10-21)18-20-15-11-14(19)5-6-16(15)24-18/h5-6,11,13H,3-4,7-10,12H2,1-2H3. The Kier molecular flexibility index (Phi) is 5.41. The minimum atomic E-state index is 0.218. The van der Waals surface area contributed by atoms with E-state index in [2.05, 4.69) is 9.88 Å². The normalized spacial score (nSPS) is 16.6. The van der Waals surface area contributed by atoms with Crippen molar-refractivity contribution in [2.24, 2.45) is 0 Å². The lowest BCUT2D eigenvalue weighted by molar-refractivity contribution is -0.132. The monoisotopic (exact) mass is 349 g/mol. The third-order valence-corrected chi connectivity index (χ3v) is 5.01. The van der Waals surface area contributed by atoms with Crippen LogP contribution < -0.4 is 0 Å². The summed E-state index contributed by atoms with van der Waals surface area (Å²) in [4.78, 5) is 20.9. The van der Waals surface area contributed by atoms with Gasteiger partial charge in [-0.1, -0.05) is 11.6 Å². The molecule has 1 fully saturated rings. The molecule has 0 aliphatic carbocycles. The molecule has 0 unspecified atom stereocenters. The number of halogens is 1. The number of hydrogen-bond acceptors (Lipinski definition) is 4. The van der Waals surface area contributed by atoms with Crippen molar-refractivity contribution in [2.75, 3.05) is 32.7 Å². The minimum Gasteiger partial charge on any atom is -0.440 e. The smallest absolute Gasteiger partial charge is 0.236 e. The number of aromatic nitrogens is 1. The van der Waals surface area contributed by atoms with E-state index in [0.717, 1.165) is 56.0 Å². The Labute approximate surface area is 147 Å². The lowest BCUT2D eigenvalue weighted by atomic mass is 9.97. The molecule has 1 aliphatic heterocycles. The molecule has 6 heteroatoms. The summed E-state index contributed by atoms with van der Waals surface area (Å²) < 4.78 is 5.89. The number of amides is 1. The van der Waals surface area contributed by atoms with Gasteiger partial charge in [-0.3, -0.25) is 9.69 Å². The van der Waals surface area contributed by atoms with Crippen molar-refractivity contribution in [3.8, 4) is 0 Å². The van der Waals surface area contributed by atoms with Crippen molar-refractivity contribution in [3.05, 3.63) is 29.1 Å². The van der Waals surface area contributed by atoms with Gasteiger partial charge >= 0.3 is 0 Å². The maximum Gasteiger partial charge on any atom is 0.236 e. The molecule has 2 heterocycles. The van der Waals surface area contributed by atoms with Crippen molar-refractivity contribution >= 4 is 28.6 Å². The first kappa shape index (κ1) is 17.2. The van der Waals surface area contributed by atoms with Crippen LogP contribution in [0, 0.1) is 0 Å². The van der Waals surface area contributed by atoms with Gasteiger partial charge in [0.2, 0.25) is 5.91 Å². The number of carbonyl (C=O) groups is 1. The number of carbonyl (C=O) groups excluding carboxylic acids is 1. The molecule has 1 aromatic heterocycles. The summed E-state index contributed by atoms with van der Waals surface area (Å²) in [6.45, 7) is 7.90. The number of likely N-dealkylation sites (tertiary alicyclic amines) is 1. The molecule has 0 radical (unpaired) electrons. The maximum absolute atomic E-state index is 12.2. The van der Waals surface area contributed by atoms with Crippen LogP contribution in [0.2, 0.25) is 5.02 Å². The third-order valence-electron chi connectivity index (χ3n) is 4.78. The largest absolute Gasteiger partial charge is 0.440 e. The third kappa shape index (κ3) is 3.73. The van der Waals surface area contributed by atoms with Crippen LogP contribution in [0.1, 0.15) is 38.5 Å². The lowest BCUT2D eigenvalue weighted by Crippen LogP contribution is -2.43. The van der Waals surface area contributed by atoms with Crippen LogP contribution in [-0.4, -0.2) is 53.4 Å². The van der Waals surface area contributed by atoms with Crippen LogP contribution >= 0.6 is 11.6 Å². The second kappa shape index (κ2) is 7.53. The average molecular weight is 350 g/mol. The zero-order valence-electron chi connectivity index (χ0n) is 14.3. The summed E-state index contributed by atoms with van der Waals surface area (Å²) in [6, 6.07) is 5.52. The summed E-state index contributed by atoms with van der Waals surface area (Å²) in [5, 5.41) is 0.673.